The van der Waals surface area contributed by atoms with Gasteiger partial charge in [0.15, 0.2) is 6.10 Å². The van der Waals surface area contributed by atoms with Crippen molar-refractivity contribution in [3.63, 3.8) is 0 Å². The van der Waals surface area contributed by atoms with Gasteiger partial charge in [0.1, 0.15) is 18.3 Å². The molecule has 0 aromatic heterocycles. The number of aliphatic carboxylic acids is 1. The fourth-order valence-electron chi connectivity index (χ4n) is 1.02. The van der Waals surface area contributed by atoms with Gasteiger partial charge in [0.25, 0.3) is 0 Å². The zero-order chi connectivity index (χ0) is 9.30. The summed E-state index contributed by atoms with van der Waals surface area (Å²) in [5, 5.41) is 35.4. The van der Waals surface area contributed by atoms with Gasteiger partial charge >= 0.3 is 5.97 Å². The Labute approximate surface area is 68.0 Å². The molecule has 1 rings (SSSR count). The van der Waals surface area contributed by atoms with Crippen LogP contribution in [0.4, 0.5) is 0 Å². The molecule has 4 atom stereocenters. The summed E-state index contributed by atoms with van der Waals surface area (Å²) in [6, 6.07) is 0. The van der Waals surface area contributed by atoms with E-state index in [2.05, 4.69) is 4.74 Å². The van der Waals surface area contributed by atoms with E-state index in [1.807, 2.05) is 0 Å². The molecule has 0 aliphatic carbocycles. The maximum atomic E-state index is 10.3. The van der Waals surface area contributed by atoms with Gasteiger partial charge in [0.05, 0.1) is 6.61 Å². The second-order valence-corrected chi connectivity index (χ2v) is 2.64. The Kier molecular flexibility index (Phi) is 2.63. The zero-order valence-electron chi connectivity index (χ0n) is 6.12. The first-order chi connectivity index (χ1) is 5.54. The maximum absolute atomic E-state index is 10.3. The number of hydrogen-bond acceptors (Lipinski definition) is 5. The quantitative estimate of drug-likeness (QED) is 0.355. The summed E-state index contributed by atoms with van der Waals surface area (Å²) in [6.07, 6.45) is -5.72. The number of carbonyl (C=O) groups is 1. The van der Waals surface area contributed by atoms with Gasteiger partial charge in [-0.2, -0.15) is 0 Å². The van der Waals surface area contributed by atoms with Gasteiger partial charge in [0, 0.05) is 0 Å². The monoisotopic (exact) mass is 178 g/mol. The molecule has 0 amide bonds. The number of carboxylic acids is 1. The molecule has 1 saturated heterocycles. The number of aliphatic hydroxyl groups is 3. The maximum Gasteiger partial charge on any atom is 0.335 e. The molecular formula is C6H10O6. The summed E-state index contributed by atoms with van der Waals surface area (Å²) >= 11 is 0. The summed E-state index contributed by atoms with van der Waals surface area (Å²) in [5.41, 5.74) is 0. The van der Waals surface area contributed by atoms with Crippen molar-refractivity contribution in [1.29, 1.82) is 0 Å². The van der Waals surface area contributed by atoms with Crippen LogP contribution in [0.3, 0.4) is 0 Å². The van der Waals surface area contributed by atoms with E-state index >= 15 is 0 Å². The fourth-order valence-corrected chi connectivity index (χ4v) is 1.02. The van der Waals surface area contributed by atoms with Gasteiger partial charge < -0.3 is 25.2 Å². The Morgan fingerprint density at radius 3 is 2.33 bits per heavy atom. The minimum atomic E-state index is -1.58. The summed E-state index contributed by atoms with van der Waals surface area (Å²) in [5.74, 6) is -1.35. The Morgan fingerprint density at radius 1 is 1.25 bits per heavy atom. The molecule has 6 nitrogen and oxygen atoms in total. The van der Waals surface area contributed by atoms with Crippen molar-refractivity contribution < 1.29 is 30.0 Å². The van der Waals surface area contributed by atoms with E-state index in [1.54, 1.807) is 0 Å². The van der Waals surface area contributed by atoms with E-state index in [-0.39, 0.29) is 6.61 Å². The Hall–Kier alpha value is -0.690. The van der Waals surface area contributed by atoms with Crippen LogP contribution in [0, 0.1) is 0 Å². The van der Waals surface area contributed by atoms with Crippen molar-refractivity contribution in [2.24, 2.45) is 0 Å². The Bertz CT molecular complexity index is 181. The van der Waals surface area contributed by atoms with Crippen molar-refractivity contribution in [1.82, 2.24) is 0 Å². The van der Waals surface area contributed by atoms with Gasteiger partial charge in [-0.25, -0.2) is 4.79 Å². The normalized spacial score (nSPS) is 42.6. The number of rotatable bonds is 1. The molecule has 1 aliphatic rings. The van der Waals surface area contributed by atoms with Crippen LogP contribution in [0.2, 0.25) is 0 Å². The highest BCUT2D eigenvalue weighted by atomic mass is 16.5. The zero-order valence-corrected chi connectivity index (χ0v) is 6.12. The van der Waals surface area contributed by atoms with E-state index in [9.17, 15) is 4.79 Å². The largest absolute Gasteiger partial charge is 0.479 e. The van der Waals surface area contributed by atoms with Gasteiger partial charge in [-0.15, -0.1) is 0 Å². The second kappa shape index (κ2) is 3.36. The molecule has 0 saturated carbocycles. The Morgan fingerprint density at radius 2 is 1.83 bits per heavy atom. The van der Waals surface area contributed by atoms with E-state index in [0.717, 1.165) is 0 Å². The van der Waals surface area contributed by atoms with Crippen LogP contribution < -0.4 is 0 Å². The van der Waals surface area contributed by atoms with E-state index in [1.165, 1.54) is 0 Å². The minimum absolute atomic E-state index is 0.283. The second-order valence-electron chi connectivity index (χ2n) is 2.64. The van der Waals surface area contributed by atoms with E-state index in [4.69, 9.17) is 20.4 Å². The molecule has 12 heavy (non-hydrogen) atoms. The van der Waals surface area contributed by atoms with Crippen LogP contribution in [0.5, 0.6) is 0 Å². The van der Waals surface area contributed by atoms with Crippen molar-refractivity contribution >= 4 is 5.97 Å². The summed E-state index contributed by atoms with van der Waals surface area (Å²) < 4.78 is 4.57. The molecule has 6 heteroatoms. The summed E-state index contributed by atoms with van der Waals surface area (Å²) in [4.78, 5) is 10.3. The standard InChI is InChI=1S/C6H10O6/c7-2-1-12-5(6(10)11)4(9)3(2)8/h2-5,7-9H,1H2,(H,10,11)/t2-,3+,4+,5-/m0/s1. The van der Waals surface area contributed by atoms with Crippen LogP contribution in [0.15, 0.2) is 0 Å². The lowest BCUT2D eigenvalue weighted by Gasteiger charge is -2.32. The summed E-state index contributed by atoms with van der Waals surface area (Å²) in [7, 11) is 0. The molecule has 0 spiro atoms. The molecule has 0 unspecified atom stereocenters. The molecule has 1 heterocycles. The topological polar surface area (TPSA) is 107 Å². The van der Waals surface area contributed by atoms with E-state index < -0.39 is 30.4 Å². The van der Waals surface area contributed by atoms with Crippen molar-refractivity contribution in [2.45, 2.75) is 24.4 Å². The first-order valence-electron chi connectivity index (χ1n) is 3.42. The molecule has 0 bridgehead atoms. The highest BCUT2D eigenvalue weighted by Gasteiger charge is 2.41. The van der Waals surface area contributed by atoms with Crippen LogP contribution in [-0.4, -0.2) is 57.4 Å². The number of aliphatic hydroxyl groups excluding tert-OH is 3. The first kappa shape index (κ1) is 9.40. The fraction of sp³-hybridized carbons (Fsp3) is 0.833. The van der Waals surface area contributed by atoms with Gasteiger partial charge in [-0.3, -0.25) is 0 Å². The third-order valence-corrected chi connectivity index (χ3v) is 1.74. The van der Waals surface area contributed by atoms with Gasteiger partial charge in [-0.1, -0.05) is 0 Å². The smallest absolute Gasteiger partial charge is 0.335 e. The molecule has 4 N–H and O–H groups in total. The molecule has 0 aromatic carbocycles. The summed E-state index contributed by atoms with van der Waals surface area (Å²) in [6.45, 7) is -0.283. The first-order valence-corrected chi connectivity index (χ1v) is 3.42. The number of ether oxygens (including phenoxy) is 1. The predicted molar refractivity (Wildman–Crippen MR) is 35.4 cm³/mol. The van der Waals surface area contributed by atoms with Crippen LogP contribution in [0.25, 0.3) is 0 Å². The van der Waals surface area contributed by atoms with Gasteiger partial charge in [-0.05, 0) is 0 Å². The predicted octanol–water partition coefficient (Wildman–Crippen LogP) is -2.45. The molecular weight excluding hydrogens is 168 g/mol. The minimum Gasteiger partial charge on any atom is -0.479 e. The van der Waals surface area contributed by atoms with Crippen LogP contribution in [0.1, 0.15) is 0 Å². The lowest BCUT2D eigenvalue weighted by atomic mass is 10.0. The average molecular weight is 178 g/mol. The lowest BCUT2D eigenvalue weighted by Crippen LogP contribution is -2.55. The lowest BCUT2D eigenvalue weighted by molar-refractivity contribution is -0.201. The molecule has 0 aromatic rings. The van der Waals surface area contributed by atoms with Crippen LogP contribution in [-0.2, 0) is 9.53 Å². The third kappa shape index (κ3) is 1.56. The number of hydrogen-bond donors (Lipinski definition) is 4. The highest BCUT2D eigenvalue weighted by molar-refractivity contribution is 5.73. The average Bonchev–Trinajstić information content (AvgIpc) is 2.00. The molecule has 0 radical (unpaired) electrons. The van der Waals surface area contributed by atoms with Gasteiger partial charge in [0.2, 0.25) is 0 Å². The van der Waals surface area contributed by atoms with Crippen molar-refractivity contribution in [3.8, 4) is 0 Å². The SMILES string of the molecule is O=C(O)[C@H]1OC[C@H](O)[C@@H](O)[C@H]1O. The van der Waals surface area contributed by atoms with Crippen LogP contribution >= 0.6 is 0 Å². The molecule has 1 fully saturated rings. The van der Waals surface area contributed by atoms with E-state index in [0.29, 0.717) is 0 Å². The third-order valence-electron chi connectivity index (χ3n) is 1.74. The number of carboxylic acid groups (broad SMARTS) is 1. The molecule has 70 valence electrons. The van der Waals surface area contributed by atoms with Crippen molar-refractivity contribution in [3.05, 3.63) is 0 Å². The van der Waals surface area contributed by atoms with Crippen molar-refractivity contribution in [2.75, 3.05) is 6.61 Å². The molecule has 1 aliphatic heterocycles. The Balaban J connectivity index is 2.65. The highest BCUT2D eigenvalue weighted by Crippen LogP contribution is 2.15.